The second kappa shape index (κ2) is 12.0. The first-order valence-corrected chi connectivity index (χ1v) is 14.2. The first-order valence-electron chi connectivity index (χ1n) is 13.4. The Hall–Kier alpha value is -4.96. The van der Waals surface area contributed by atoms with Crippen LogP contribution in [0.1, 0.15) is 16.7 Å². The maximum Gasteiger partial charge on any atom is 0.416 e. The van der Waals surface area contributed by atoms with Crippen molar-refractivity contribution in [2.24, 2.45) is 5.10 Å². The number of halogens is 4. The molecule has 220 valence electrons. The van der Waals surface area contributed by atoms with Gasteiger partial charge in [-0.05, 0) is 52.7 Å². The Morgan fingerprint density at radius 3 is 2.43 bits per heavy atom. The van der Waals surface area contributed by atoms with Crippen molar-refractivity contribution in [1.29, 1.82) is 0 Å². The van der Waals surface area contributed by atoms with Crippen LogP contribution in [0.15, 0.2) is 117 Å². The summed E-state index contributed by atoms with van der Waals surface area (Å²) in [5, 5.41) is 6.83. The first-order chi connectivity index (χ1) is 21.2. The predicted octanol–water partition coefficient (Wildman–Crippen LogP) is 8.47. The van der Waals surface area contributed by atoms with Crippen LogP contribution in [0.3, 0.4) is 0 Å². The number of hydrogen-bond donors (Lipinski definition) is 0. The lowest BCUT2D eigenvalue weighted by Crippen LogP contribution is -2.20. The summed E-state index contributed by atoms with van der Waals surface area (Å²) in [6.45, 7) is 0.215. The molecular formula is C34H23BrF3N3O3. The van der Waals surface area contributed by atoms with Gasteiger partial charge in [0.15, 0.2) is 17.3 Å². The molecule has 0 saturated heterocycles. The monoisotopic (exact) mass is 657 g/mol. The first kappa shape index (κ1) is 29.1. The lowest BCUT2D eigenvalue weighted by Gasteiger charge is -2.15. The van der Waals surface area contributed by atoms with Crippen LogP contribution in [0.4, 0.5) is 13.2 Å². The highest BCUT2D eigenvalue weighted by Crippen LogP contribution is 2.36. The van der Waals surface area contributed by atoms with Gasteiger partial charge in [0.25, 0.3) is 5.56 Å². The number of aromatic nitrogens is 2. The van der Waals surface area contributed by atoms with Gasteiger partial charge in [0, 0.05) is 15.6 Å². The number of nitrogens with zero attached hydrogens (tertiary/aromatic N) is 3. The van der Waals surface area contributed by atoms with Crippen molar-refractivity contribution >= 4 is 43.8 Å². The molecule has 1 heterocycles. The van der Waals surface area contributed by atoms with E-state index in [2.05, 4.69) is 26.0 Å². The molecule has 44 heavy (non-hydrogen) atoms. The van der Waals surface area contributed by atoms with Gasteiger partial charge < -0.3 is 9.47 Å². The van der Waals surface area contributed by atoms with E-state index in [0.717, 1.165) is 33.1 Å². The molecule has 0 fully saturated rings. The molecule has 6 aromatic rings. The summed E-state index contributed by atoms with van der Waals surface area (Å²) < 4.78 is 54.3. The Morgan fingerprint density at radius 1 is 0.909 bits per heavy atom. The second-order valence-corrected chi connectivity index (χ2v) is 10.8. The number of ether oxygens (including phenoxy) is 2. The van der Waals surface area contributed by atoms with E-state index in [1.807, 2.05) is 42.5 Å². The average Bonchev–Trinajstić information content (AvgIpc) is 3.03. The molecule has 1 aromatic heterocycles. The van der Waals surface area contributed by atoms with Gasteiger partial charge in [-0.1, -0.05) is 82.7 Å². The van der Waals surface area contributed by atoms with Crippen molar-refractivity contribution in [2.75, 3.05) is 7.11 Å². The van der Waals surface area contributed by atoms with E-state index in [0.29, 0.717) is 27.1 Å². The Bertz CT molecular complexity index is 2100. The highest BCUT2D eigenvalue weighted by Gasteiger charge is 2.31. The fourth-order valence-electron chi connectivity index (χ4n) is 4.93. The van der Waals surface area contributed by atoms with E-state index < -0.39 is 17.3 Å². The molecule has 0 aliphatic carbocycles. The van der Waals surface area contributed by atoms with Gasteiger partial charge in [0.2, 0.25) is 0 Å². The molecule has 0 N–H and O–H groups in total. The summed E-state index contributed by atoms with van der Waals surface area (Å²) in [5.41, 5.74) is 0.427. The Kier molecular flexibility index (Phi) is 7.92. The standard InChI is InChI=1S/C34H23BrF3N3O3/c1-43-30-18-26(35)17-24(31(30)44-20-23-11-6-9-21-8-2-3-13-27(21)23)19-39-41-32(22-10-7-12-25(16-22)34(36,37)38)40-29-15-5-4-14-28(29)33(41)42/h2-19H,20H2,1H3. The molecule has 0 aliphatic rings. The van der Waals surface area contributed by atoms with E-state index in [1.165, 1.54) is 25.5 Å². The summed E-state index contributed by atoms with van der Waals surface area (Å²) in [6, 6.07) is 28.6. The summed E-state index contributed by atoms with van der Waals surface area (Å²) >= 11 is 3.48. The Balaban J connectivity index is 1.46. The minimum Gasteiger partial charge on any atom is -0.493 e. The zero-order valence-corrected chi connectivity index (χ0v) is 24.8. The van der Waals surface area contributed by atoms with Crippen LogP contribution in [0.5, 0.6) is 11.5 Å². The minimum atomic E-state index is -4.58. The molecule has 0 aliphatic heterocycles. The Morgan fingerprint density at radius 2 is 1.64 bits per heavy atom. The lowest BCUT2D eigenvalue weighted by molar-refractivity contribution is -0.137. The van der Waals surface area contributed by atoms with Crippen molar-refractivity contribution in [3.8, 4) is 22.9 Å². The maximum absolute atomic E-state index is 13.7. The normalized spacial score (nSPS) is 11.8. The minimum absolute atomic E-state index is 0.0452. The molecule has 0 radical (unpaired) electrons. The summed E-state index contributed by atoms with van der Waals surface area (Å²) in [7, 11) is 1.51. The number of fused-ring (bicyclic) bond motifs is 2. The van der Waals surface area contributed by atoms with Gasteiger partial charge in [-0.2, -0.15) is 22.9 Å². The van der Waals surface area contributed by atoms with Gasteiger partial charge in [-0.3, -0.25) is 4.79 Å². The van der Waals surface area contributed by atoms with Gasteiger partial charge in [-0.15, -0.1) is 0 Å². The molecular weight excluding hydrogens is 635 g/mol. The van der Waals surface area contributed by atoms with Crippen LogP contribution >= 0.6 is 15.9 Å². The van der Waals surface area contributed by atoms with Crippen LogP contribution in [0.25, 0.3) is 33.1 Å². The molecule has 0 unspecified atom stereocenters. The summed E-state index contributed by atoms with van der Waals surface area (Å²) in [6.07, 6.45) is -3.18. The zero-order valence-electron chi connectivity index (χ0n) is 23.2. The smallest absolute Gasteiger partial charge is 0.416 e. The van der Waals surface area contributed by atoms with Crippen molar-refractivity contribution in [3.05, 3.63) is 135 Å². The highest BCUT2D eigenvalue weighted by atomic mass is 79.9. The van der Waals surface area contributed by atoms with Gasteiger partial charge in [0.05, 0.1) is 29.8 Å². The van der Waals surface area contributed by atoms with Gasteiger partial charge in [-0.25, -0.2) is 4.98 Å². The quantitative estimate of drug-likeness (QED) is 0.162. The number of benzene rings is 5. The fourth-order valence-corrected chi connectivity index (χ4v) is 5.39. The predicted molar refractivity (Wildman–Crippen MR) is 168 cm³/mol. The van der Waals surface area contributed by atoms with Gasteiger partial charge in [0.1, 0.15) is 6.61 Å². The molecule has 0 amide bonds. The molecule has 0 bridgehead atoms. The second-order valence-electron chi connectivity index (χ2n) is 9.85. The SMILES string of the molecule is COc1cc(Br)cc(C=Nn2c(-c3cccc(C(F)(F)F)c3)nc3ccccc3c2=O)c1OCc1cccc2ccccc12. The summed E-state index contributed by atoms with van der Waals surface area (Å²) in [5.74, 6) is 0.745. The molecule has 0 spiro atoms. The van der Waals surface area contributed by atoms with E-state index >= 15 is 0 Å². The summed E-state index contributed by atoms with van der Waals surface area (Å²) in [4.78, 5) is 18.2. The number of alkyl halides is 3. The van der Waals surface area contributed by atoms with E-state index in [1.54, 1.807) is 36.4 Å². The topological polar surface area (TPSA) is 65.7 Å². The van der Waals surface area contributed by atoms with Crippen LogP contribution in [0.2, 0.25) is 0 Å². The molecule has 0 saturated carbocycles. The highest BCUT2D eigenvalue weighted by molar-refractivity contribution is 9.10. The van der Waals surface area contributed by atoms with E-state index in [9.17, 15) is 18.0 Å². The fraction of sp³-hybridized carbons (Fsp3) is 0.0882. The molecule has 10 heteroatoms. The third kappa shape index (κ3) is 5.80. The largest absolute Gasteiger partial charge is 0.493 e. The van der Waals surface area contributed by atoms with Crippen molar-refractivity contribution in [1.82, 2.24) is 9.66 Å². The van der Waals surface area contributed by atoms with Crippen molar-refractivity contribution in [3.63, 3.8) is 0 Å². The third-order valence-corrected chi connectivity index (χ3v) is 7.49. The maximum atomic E-state index is 13.7. The molecule has 6 rings (SSSR count). The lowest BCUT2D eigenvalue weighted by atomic mass is 10.1. The van der Waals surface area contributed by atoms with E-state index in [-0.39, 0.29) is 23.4 Å². The third-order valence-electron chi connectivity index (χ3n) is 7.03. The van der Waals surface area contributed by atoms with Crippen LogP contribution in [0, 0.1) is 0 Å². The van der Waals surface area contributed by atoms with Gasteiger partial charge >= 0.3 is 6.18 Å². The van der Waals surface area contributed by atoms with Crippen LogP contribution in [-0.2, 0) is 12.8 Å². The average molecular weight is 658 g/mol. The molecule has 0 atom stereocenters. The molecule has 5 aromatic carbocycles. The van der Waals surface area contributed by atoms with Crippen molar-refractivity contribution in [2.45, 2.75) is 12.8 Å². The number of methoxy groups -OCH3 is 1. The van der Waals surface area contributed by atoms with E-state index in [4.69, 9.17) is 9.47 Å². The Labute approximate surface area is 258 Å². The van der Waals surface area contributed by atoms with Crippen LogP contribution < -0.4 is 15.0 Å². The molecule has 6 nitrogen and oxygen atoms in total. The number of hydrogen-bond acceptors (Lipinski definition) is 5. The number of rotatable bonds is 7. The number of para-hydroxylation sites is 1. The van der Waals surface area contributed by atoms with Crippen LogP contribution in [-0.4, -0.2) is 23.0 Å². The zero-order chi connectivity index (χ0) is 30.8. The van der Waals surface area contributed by atoms with Crippen molar-refractivity contribution < 1.29 is 22.6 Å².